The summed E-state index contributed by atoms with van der Waals surface area (Å²) in [6.07, 6.45) is 3.52. The highest BCUT2D eigenvalue weighted by atomic mass is 16.1. The summed E-state index contributed by atoms with van der Waals surface area (Å²) in [5, 5.41) is 7.92. The summed E-state index contributed by atoms with van der Waals surface area (Å²) in [4.78, 5) is 16.5. The highest BCUT2D eigenvalue weighted by Gasteiger charge is 2.12. The second-order valence-electron chi connectivity index (χ2n) is 4.75. The van der Waals surface area contributed by atoms with E-state index >= 15 is 0 Å². The number of carbonyl (C=O) groups is 1. The highest BCUT2D eigenvalue weighted by Crippen LogP contribution is 2.16. The molecule has 0 aliphatic heterocycles. The van der Waals surface area contributed by atoms with E-state index < -0.39 is 0 Å². The third-order valence-corrected chi connectivity index (χ3v) is 3.22. The third-order valence-electron chi connectivity index (χ3n) is 3.22. The van der Waals surface area contributed by atoms with Gasteiger partial charge in [-0.25, -0.2) is 0 Å². The van der Waals surface area contributed by atoms with E-state index in [-0.39, 0.29) is 5.91 Å². The molecule has 106 valence electrons. The monoisotopic (exact) mass is 281 g/mol. The molecular weight excluding hydrogens is 266 g/mol. The molecule has 21 heavy (non-hydrogen) atoms. The maximum atomic E-state index is 12.3. The van der Waals surface area contributed by atoms with E-state index in [0.29, 0.717) is 17.9 Å². The van der Waals surface area contributed by atoms with Gasteiger partial charge in [-0.3, -0.25) is 14.5 Å². The number of anilines is 1. The van der Waals surface area contributed by atoms with Gasteiger partial charge in [0.25, 0.3) is 5.91 Å². The van der Waals surface area contributed by atoms with Crippen LogP contribution in [0.2, 0.25) is 0 Å². The van der Waals surface area contributed by atoms with Gasteiger partial charge in [-0.15, -0.1) is 0 Å². The molecule has 6 nitrogen and oxygen atoms in total. The van der Waals surface area contributed by atoms with Crippen molar-refractivity contribution in [1.29, 1.82) is 0 Å². The summed E-state index contributed by atoms with van der Waals surface area (Å²) in [7, 11) is 1.79. The first-order valence-electron chi connectivity index (χ1n) is 6.56. The number of aryl methyl sites for hydroxylation is 1. The van der Waals surface area contributed by atoms with E-state index in [9.17, 15) is 4.79 Å². The van der Waals surface area contributed by atoms with Crippen LogP contribution >= 0.6 is 0 Å². The normalized spacial score (nSPS) is 10.8. The molecule has 0 saturated heterocycles. The van der Waals surface area contributed by atoms with Gasteiger partial charge in [0.15, 0.2) is 5.82 Å². The zero-order valence-corrected chi connectivity index (χ0v) is 11.6. The van der Waals surface area contributed by atoms with Crippen molar-refractivity contribution in [3.05, 3.63) is 53.9 Å². The number of rotatable bonds is 3. The van der Waals surface area contributed by atoms with Crippen molar-refractivity contribution in [2.24, 2.45) is 12.8 Å². The Hall–Kier alpha value is -2.73. The average Bonchev–Trinajstić information content (AvgIpc) is 2.86. The van der Waals surface area contributed by atoms with Crippen molar-refractivity contribution in [3.63, 3.8) is 0 Å². The molecule has 0 bridgehead atoms. The maximum Gasteiger partial charge on any atom is 0.256 e. The lowest BCUT2D eigenvalue weighted by atomic mass is 10.1. The lowest BCUT2D eigenvalue weighted by molar-refractivity contribution is 0.102. The second kappa shape index (κ2) is 5.34. The van der Waals surface area contributed by atoms with Gasteiger partial charge < -0.3 is 11.1 Å². The Labute approximate surface area is 121 Å². The molecule has 0 aliphatic carbocycles. The first-order chi connectivity index (χ1) is 10.2. The molecule has 1 amide bonds. The Bertz CT molecular complexity index is 809. The molecule has 3 aromatic rings. The van der Waals surface area contributed by atoms with Gasteiger partial charge in [-0.05, 0) is 24.3 Å². The molecule has 0 aliphatic rings. The number of pyridine rings is 1. The van der Waals surface area contributed by atoms with Crippen molar-refractivity contribution in [3.8, 4) is 0 Å². The Kier molecular flexibility index (Phi) is 3.37. The van der Waals surface area contributed by atoms with Crippen LogP contribution in [0, 0.1) is 0 Å². The summed E-state index contributed by atoms with van der Waals surface area (Å²) in [5.41, 5.74) is 7.85. The number of benzene rings is 1. The quantitative estimate of drug-likeness (QED) is 0.764. The smallest absolute Gasteiger partial charge is 0.256 e. The van der Waals surface area contributed by atoms with E-state index in [1.54, 1.807) is 30.2 Å². The predicted molar refractivity (Wildman–Crippen MR) is 80.8 cm³/mol. The van der Waals surface area contributed by atoms with Crippen LogP contribution < -0.4 is 11.1 Å². The molecular formula is C15H15N5O. The molecule has 0 fully saturated rings. The molecule has 0 saturated carbocycles. The number of amides is 1. The molecule has 2 heterocycles. The van der Waals surface area contributed by atoms with Crippen LogP contribution in [0.1, 0.15) is 15.9 Å². The van der Waals surface area contributed by atoms with Crippen LogP contribution in [0.15, 0.2) is 42.7 Å². The van der Waals surface area contributed by atoms with Crippen LogP contribution in [-0.4, -0.2) is 20.7 Å². The standard InChI is InChI=1S/C15H15N5O/c1-20-9-12(8-16)14(19-20)18-15(21)11-4-5-13-10(7-11)3-2-6-17-13/h2-7,9H,8,16H2,1H3,(H,18,19,21). The zero-order valence-electron chi connectivity index (χ0n) is 11.6. The van der Waals surface area contributed by atoms with Crippen LogP contribution in [0.4, 0.5) is 5.82 Å². The minimum atomic E-state index is -0.214. The fraction of sp³-hybridized carbons (Fsp3) is 0.133. The van der Waals surface area contributed by atoms with Crippen molar-refractivity contribution >= 4 is 22.6 Å². The summed E-state index contributed by atoms with van der Waals surface area (Å²) in [5.74, 6) is 0.283. The van der Waals surface area contributed by atoms with Gasteiger partial charge in [-0.1, -0.05) is 6.07 Å². The first-order valence-corrected chi connectivity index (χ1v) is 6.56. The minimum absolute atomic E-state index is 0.214. The van der Waals surface area contributed by atoms with Crippen LogP contribution in [0.5, 0.6) is 0 Å². The zero-order chi connectivity index (χ0) is 14.8. The van der Waals surface area contributed by atoms with E-state index in [0.717, 1.165) is 16.5 Å². The molecule has 0 atom stereocenters. The lowest BCUT2D eigenvalue weighted by Gasteiger charge is -2.05. The van der Waals surface area contributed by atoms with Gasteiger partial charge in [0.05, 0.1) is 5.52 Å². The predicted octanol–water partition coefficient (Wildman–Crippen LogP) is 1.68. The Morgan fingerprint density at radius 2 is 2.24 bits per heavy atom. The Morgan fingerprint density at radius 3 is 3.05 bits per heavy atom. The summed E-state index contributed by atoms with van der Waals surface area (Å²) in [6, 6.07) is 9.14. The van der Waals surface area contributed by atoms with Gasteiger partial charge in [0.2, 0.25) is 0 Å². The number of hydrogen-bond donors (Lipinski definition) is 2. The first kappa shape index (κ1) is 13.3. The van der Waals surface area contributed by atoms with Crippen LogP contribution in [0.25, 0.3) is 10.9 Å². The molecule has 2 aromatic heterocycles. The number of aromatic nitrogens is 3. The fourth-order valence-corrected chi connectivity index (χ4v) is 2.19. The van der Waals surface area contributed by atoms with Crippen molar-refractivity contribution in [2.45, 2.75) is 6.54 Å². The number of nitrogens with two attached hydrogens (primary N) is 1. The molecule has 3 N–H and O–H groups in total. The number of fused-ring (bicyclic) bond motifs is 1. The fourth-order valence-electron chi connectivity index (χ4n) is 2.19. The largest absolute Gasteiger partial charge is 0.326 e. The van der Waals surface area contributed by atoms with E-state index in [1.807, 2.05) is 24.3 Å². The minimum Gasteiger partial charge on any atom is -0.326 e. The Morgan fingerprint density at radius 1 is 1.38 bits per heavy atom. The number of nitrogens with one attached hydrogen (secondary N) is 1. The molecule has 1 aromatic carbocycles. The summed E-state index contributed by atoms with van der Waals surface area (Å²) >= 11 is 0. The average molecular weight is 281 g/mol. The van der Waals surface area contributed by atoms with Crippen molar-refractivity contribution < 1.29 is 4.79 Å². The van der Waals surface area contributed by atoms with Crippen LogP contribution in [-0.2, 0) is 13.6 Å². The van der Waals surface area contributed by atoms with E-state index in [4.69, 9.17) is 5.73 Å². The maximum absolute atomic E-state index is 12.3. The molecule has 0 spiro atoms. The van der Waals surface area contributed by atoms with Gasteiger partial charge in [0.1, 0.15) is 0 Å². The van der Waals surface area contributed by atoms with Gasteiger partial charge in [0, 0.05) is 42.5 Å². The Balaban J connectivity index is 1.89. The number of carbonyl (C=O) groups excluding carboxylic acids is 1. The summed E-state index contributed by atoms with van der Waals surface area (Å²) < 4.78 is 1.63. The number of nitrogens with zero attached hydrogens (tertiary/aromatic N) is 3. The molecule has 6 heteroatoms. The SMILES string of the molecule is Cn1cc(CN)c(NC(=O)c2ccc3ncccc3c2)n1. The van der Waals surface area contributed by atoms with Crippen LogP contribution in [0.3, 0.4) is 0 Å². The van der Waals surface area contributed by atoms with Gasteiger partial charge >= 0.3 is 0 Å². The summed E-state index contributed by atoms with van der Waals surface area (Å²) in [6.45, 7) is 0.324. The lowest BCUT2D eigenvalue weighted by Crippen LogP contribution is -2.14. The molecule has 3 rings (SSSR count). The van der Waals surface area contributed by atoms with E-state index in [1.165, 1.54) is 0 Å². The molecule has 0 unspecified atom stereocenters. The number of hydrogen-bond acceptors (Lipinski definition) is 4. The van der Waals surface area contributed by atoms with Crippen molar-refractivity contribution in [1.82, 2.24) is 14.8 Å². The van der Waals surface area contributed by atoms with Crippen molar-refractivity contribution in [2.75, 3.05) is 5.32 Å². The third kappa shape index (κ3) is 2.61. The second-order valence-corrected chi connectivity index (χ2v) is 4.75. The molecule has 0 radical (unpaired) electrons. The topological polar surface area (TPSA) is 85.8 Å². The van der Waals surface area contributed by atoms with Gasteiger partial charge in [-0.2, -0.15) is 5.10 Å². The highest BCUT2D eigenvalue weighted by molar-refractivity contribution is 6.06. The van der Waals surface area contributed by atoms with E-state index in [2.05, 4.69) is 15.4 Å².